The van der Waals surface area contributed by atoms with Gasteiger partial charge in [-0.1, -0.05) is 35.5 Å². The van der Waals surface area contributed by atoms with E-state index in [0.29, 0.717) is 24.7 Å². The molecule has 0 radical (unpaired) electrons. The van der Waals surface area contributed by atoms with Gasteiger partial charge in [0.1, 0.15) is 12.3 Å². The van der Waals surface area contributed by atoms with Crippen LogP contribution in [-0.4, -0.2) is 19.9 Å². The molecule has 0 spiro atoms. The summed E-state index contributed by atoms with van der Waals surface area (Å²) in [7, 11) is 0. The molecule has 0 aliphatic carbocycles. The molecular weight excluding hydrogens is 268 g/mol. The summed E-state index contributed by atoms with van der Waals surface area (Å²) in [5.74, 6) is 1.18. The molecule has 0 saturated heterocycles. The lowest BCUT2D eigenvalue weighted by Gasteiger charge is -2.07. The molecule has 3 rings (SSSR count). The van der Waals surface area contributed by atoms with E-state index in [4.69, 9.17) is 9.26 Å². The van der Waals surface area contributed by atoms with Gasteiger partial charge in [0.2, 0.25) is 12.2 Å². The van der Waals surface area contributed by atoms with Crippen molar-refractivity contribution in [1.82, 2.24) is 19.9 Å². The molecule has 1 aromatic carbocycles. The number of aromatic nitrogens is 4. The molecule has 3 aromatic rings. The minimum atomic E-state index is 0.474. The molecule has 0 unspecified atom stereocenters. The first-order valence-corrected chi connectivity index (χ1v) is 6.80. The van der Waals surface area contributed by atoms with Crippen LogP contribution in [0.15, 0.2) is 41.2 Å². The largest absolute Gasteiger partial charge is 0.485 e. The molecule has 2 aromatic heterocycles. The average molecular weight is 284 g/mol. The normalized spacial score (nSPS) is 10.8. The highest BCUT2D eigenvalue weighted by Crippen LogP contribution is 2.31. The van der Waals surface area contributed by atoms with Gasteiger partial charge in [0.05, 0.1) is 0 Å². The summed E-state index contributed by atoms with van der Waals surface area (Å²) in [5, 5.41) is 8.36. The van der Waals surface area contributed by atoms with Gasteiger partial charge in [0.25, 0.3) is 0 Å². The lowest BCUT2D eigenvalue weighted by molar-refractivity contribution is 0.305. The highest BCUT2D eigenvalue weighted by Gasteiger charge is 2.21. The molecule has 108 valence electrons. The van der Waals surface area contributed by atoms with Crippen molar-refractivity contribution in [2.75, 3.05) is 0 Å². The summed E-state index contributed by atoms with van der Waals surface area (Å²) < 4.78 is 12.6. The molecule has 0 saturated carbocycles. The fourth-order valence-electron chi connectivity index (χ4n) is 2.19. The molecule has 0 bridgehead atoms. The van der Waals surface area contributed by atoms with E-state index in [1.165, 1.54) is 6.39 Å². The lowest BCUT2D eigenvalue weighted by atomic mass is 10.2. The second kappa shape index (κ2) is 5.78. The van der Waals surface area contributed by atoms with Gasteiger partial charge in [0.15, 0.2) is 11.4 Å². The Morgan fingerprint density at radius 2 is 2.05 bits per heavy atom. The van der Waals surface area contributed by atoms with Gasteiger partial charge in [-0.05, 0) is 19.4 Å². The summed E-state index contributed by atoms with van der Waals surface area (Å²) >= 11 is 0. The molecule has 6 nitrogen and oxygen atoms in total. The van der Waals surface area contributed by atoms with Crippen LogP contribution in [0, 0.1) is 6.92 Å². The molecule has 0 aliphatic heterocycles. The third-order valence-corrected chi connectivity index (χ3v) is 3.17. The Morgan fingerprint density at radius 3 is 2.71 bits per heavy atom. The quantitative estimate of drug-likeness (QED) is 0.720. The van der Waals surface area contributed by atoms with Crippen LogP contribution in [0.2, 0.25) is 0 Å². The molecule has 0 aliphatic rings. The van der Waals surface area contributed by atoms with Crippen molar-refractivity contribution in [2.45, 2.75) is 27.0 Å². The van der Waals surface area contributed by atoms with E-state index in [0.717, 1.165) is 17.0 Å². The summed E-state index contributed by atoms with van der Waals surface area (Å²) in [5.41, 5.74) is 2.66. The Bertz CT molecular complexity index is 705. The maximum atomic E-state index is 5.96. The van der Waals surface area contributed by atoms with E-state index in [1.54, 1.807) is 0 Å². The predicted molar refractivity (Wildman–Crippen MR) is 76.7 cm³/mol. The number of benzene rings is 1. The van der Waals surface area contributed by atoms with Gasteiger partial charge >= 0.3 is 0 Å². The zero-order chi connectivity index (χ0) is 14.7. The van der Waals surface area contributed by atoms with Crippen LogP contribution in [0.5, 0.6) is 5.75 Å². The second-order valence-corrected chi connectivity index (χ2v) is 4.61. The zero-order valence-electron chi connectivity index (χ0n) is 12.0. The van der Waals surface area contributed by atoms with Crippen molar-refractivity contribution in [3.05, 3.63) is 48.0 Å². The first-order chi connectivity index (χ1) is 10.3. The predicted octanol–water partition coefficient (Wildman–Crippen LogP) is 2.84. The van der Waals surface area contributed by atoms with Crippen molar-refractivity contribution in [3.63, 3.8) is 0 Å². The Hall–Kier alpha value is -2.63. The third-order valence-electron chi connectivity index (χ3n) is 3.17. The highest BCUT2D eigenvalue weighted by atomic mass is 16.5. The fraction of sp³-hybridized carbons (Fsp3) is 0.267. The first-order valence-electron chi connectivity index (χ1n) is 6.80. The highest BCUT2D eigenvalue weighted by molar-refractivity contribution is 5.60. The van der Waals surface area contributed by atoms with E-state index < -0.39 is 0 Å². The van der Waals surface area contributed by atoms with Crippen LogP contribution < -0.4 is 4.74 Å². The van der Waals surface area contributed by atoms with Crippen molar-refractivity contribution < 1.29 is 9.26 Å². The molecule has 0 atom stereocenters. The number of hydrogen-bond acceptors (Lipinski definition) is 5. The van der Waals surface area contributed by atoms with Crippen molar-refractivity contribution in [1.29, 1.82) is 0 Å². The van der Waals surface area contributed by atoms with Gasteiger partial charge < -0.3 is 9.26 Å². The van der Waals surface area contributed by atoms with Crippen LogP contribution in [0.4, 0.5) is 0 Å². The minimum absolute atomic E-state index is 0.474. The van der Waals surface area contributed by atoms with Gasteiger partial charge in [0, 0.05) is 6.54 Å². The van der Waals surface area contributed by atoms with Crippen LogP contribution in [0.25, 0.3) is 11.5 Å². The summed E-state index contributed by atoms with van der Waals surface area (Å²) in [4.78, 5) is 4.11. The van der Waals surface area contributed by atoms with E-state index in [9.17, 15) is 0 Å². The standard InChI is InChI=1S/C15H16N4O2/c1-3-19-13(15-16-10-21-18-15)14(11(2)17-19)20-9-12-7-5-4-6-8-12/h4-8,10H,3,9H2,1-2H3. The van der Waals surface area contributed by atoms with Gasteiger partial charge in [-0.3, -0.25) is 4.68 Å². The summed E-state index contributed by atoms with van der Waals surface area (Å²) in [6.07, 6.45) is 1.30. The van der Waals surface area contributed by atoms with Crippen molar-refractivity contribution in [3.8, 4) is 17.3 Å². The molecule has 0 amide bonds. The van der Waals surface area contributed by atoms with Gasteiger partial charge in [-0.15, -0.1) is 0 Å². The molecule has 21 heavy (non-hydrogen) atoms. The Kier molecular flexibility index (Phi) is 3.68. The van der Waals surface area contributed by atoms with Crippen LogP contribution in [-0.2, 0) is 13.2 Å². The Labute approximate surface area is 122 Å². The lowest BCUT2D eigenvalue weighted by Crippen LogP contribution is -2.02. The second-order valence-electron chi connectivity index (χ2n) is 4.61. The first kappa shape index (κ1) is 13.4. The van der Waals surface area contributed by atoms with Gasteiger partial charge in [-0.25, -0.2) is 0 Å². The van der Waals surface area contributed by atoms with Crippen LogP contribution >= 0.6 is 0 Å². The molecular formula is C15H16N4O2. The molecule has 0 fully saturated rings. The van der Waals surface area contributed by atoms with Gasteiger partial charge in [-0.2, -0.15) is 10.1 Å². The minimum Gasteiger partial charge on any atom is -0.485 e. The Balaban J connectivity index is 1.92. The maximum absolute atomic E-state index is 5.96. The van der Waals surface area contributed by atoms with Crippen LogP contribution in [0.3, 0.4) is 0 Å². The monoisotopic (exact) mass is 284 g/mol. The summed E-state index contributed by atoms with van der Waals surface area (Å²) in [6, 6.07) is 10.00. The summed E-state index contributed by atoms with van der Waals surface area (Å²) in [6.45, 7) is 5.11. The number of aryl methyl sites for hydroxylation is 2. The molecule has 2 heterocycles. The third kappa shape index (κ3) is 2.65. The molecule has 6 heteroatoms. The number of rotatable bonds is 5. The number of ether oxygens (including phenoxy) is 1. The fourth-order valence-corrected chi connectivity index (χ4v) is 2.19. The van der Waals surface area contributed by atoms with E-state index in [2.05, 4.69) is 15.2 Å². The number of nitrogens with zero attached hydrogens (tertiary/aromatic N) is 4. The average Bonchev–Trinajstić information content (AvgIpc) is 3.13. The van der Waals surface area contributed by atoms with Crippen LogP contribution in [0.1, 0.15) is 18.2 Å². The smallest absolute Gasteiger partial charge is 0.224 e. The maximum Gasteiger partial charge on any atom is 0.224 e. The Morgan fingerprint density at radius 1 is 1.24 bits per heavy atom. The van der Waals surface area contributed by atoms with E-state index in [-0.39, 0.29) is 0 Å². The number of hydrogen-bond donors (Lipinski definition) is 0. The topological polar surface area (TPSA) is 66.0 Å². The van der Waals surface area contributed by atoms with Crippen molar-refractivity contribution >= 4 is 0 Å². The van der Waals surface area contributed by atoms with E-state index >= 15 is 0 Å². The van der Waals surface area contributed by atoms with Crippen molar-refractivity contribution in [2.24, 2.45) is 0 Å². The SMILES string of the molecule is CCn1nc(C)c(OCc2ccccc2)c1-c1ncon1. The van der Waals surface area contributed by atoms with E-state index in [1.807, 2.05) is 48.9 Å². The zero-order valence-corrected chi connectivity index (χ0v) is 12.0. The molecule has 0 N–H and O–H groups in total.